The molecule has 0 N–H and O–H groups in total. The van der Waals surface area contributed by atoms with Crippen molar-refractivity contribution in [3.05, 3.63) is 11.6 Å². The summed E-state index contributed by atoms with van der Waals surface area (Å²) in [5.41, 5.74) is 1.61. The molecular formula is C12H15NO. The maximum atomic E-state index is 10.5. The molecule has 0 aliphatic heterocycles. The normalized spacial score (nSPS) is 48.6. The molecule has 2 saturated carbocycles. The Bertz CT molecular complexity index is 353. The summed E-state index contributed by atoms with van der Waals surface area (Å²) < 4.78 is 0. The van der Waals surface area contributed by atoms with E-state index in [0.29, 0.717) is 5.92 Å². The quantitative estimate of drug-likeness (QED) is 0.354. The van der Waals surface area contributed by atoms with Gasteiger partial charge in [0.05, 0.1) is 5.54 Å². The minimum atomic E-state index is -0.0365. The number of carbonyl (C=O) groups excluding carboxylic acids is 1. The second-order valence-electron chi connectivity index (χ2n) is 5.33. The van der Waals surface area contributed by atoms with Crippen molar-refractivity contribution < 1.29 is 4.79 Å². The van der Waals surface area contributed by atoms with Crippen LogP contribution in [-0.4, -0.2) is 11.6 Å². The molecule has 0 radical (unpaired) electrons. The second kappa shape index (κ2) is 2.58. The lowest BCUT2D eigenvalue weighted by Crippen LogP contribution is -2.27. The van der Waals surface area contributed by atoms with Crippen LogP contribution in [0.2, 0.25) is 0 Å². The van der Waals surface area contributed by atoms with Gasteiger partial charge < -0.3 is 0 Å². The van der Waals surface area contributed by atoms with E-state index in [1.807, 2.05) is 0 Å². The molecular weight excluding hydrogens is 174 g/mol. The number of isocyanates is 1. The highest BCUT2D eigenvalue weighted by Gasteiger charge is 2.53. The van der Waals surface area contributed by atoms with E-state index < -0.39 is 0 Å². The molecule has 3 aliphatic rings. The monoisotopic (exact) mass is 189 g/mol. The van der Waals surface area contributed by atoms with E-state index in [4.69, 9.17) is 0 Å². The molecule has 2 heteroatoms. The van der Waals surface area contributed by atoms with E-state index >= 15 is 0 Å². The third kappa shape index (κ3) is 0.978. The predicted octanol–water partition coefficient (Wildman–Crippen LogP) is 2.46. The van der Waals surface area contributed by atoms with Crippen molar-refractivity contribution in [2.24, 2.45) is 22.7 Å². The molecule has 2 nitrogen and oxygen atoms in total. The first-order chi connectivity index (χ1) is 6.72. The summed E-state index contributed by atoms with van der Waals surface area (Å²) in [4.78, 5) is 14.6. The highest BCUT2D eigenvalue weighted by molar-refractivity contribution is 5.38. The summed E-state index contributed by atoms with van der Waals surface area (Å²) in [5, 5.41) is 0. The summed E-state index contributed by atoms with van der Waals surface area (Å²) in [7, 11) is 0. The summed E-state index contributed by atoms with van der Waals surface area (Å²) in [6, 6.07) is 0. The molecule has 2 fully saturated rings. The Balaban J connectivity index is 2.01. The minimum Gasteiger partial charge on any atom is -0.211 e. The van der Waals surface area contributed by atoms with Crippen molar-refractivity contribution >= 4 is 6.08 Å². The first-order valence-corrected chi connectivity index (χ1v) is 5.52. The number of nitrogens with zero attached hydrogens (tertiary/aromatic N) is 1. The molecule has 2 bridgehead atoms. The third-order valence-corrected chi connectivity index (χ3v) is 4.27. The standard InChI is InChI=1S/C12H15NO/c1-8-2-9-3-10-5-12(4-8,13-7-14)6-11(9)10/h2,8,10-11H,3-6H2,1H3. The van der Waals surface area contributed by atoms with Gasteiger partial charge in [-0.2, -0.15) is 4.99 Å². The zero-order valence-electron chi connectivity index (χ0n) is 8.49. The van der Waals surface area contributed by atoms with Gasteiger partial charge >= 0.3 is 0 Å². The van der Waals surface area contributed by atoms with Gasteiger partial charge in [-0.1, -0.05) is 18.6 Å². The van der Waals surface area contributed by atoms with E-state index in [9.17, 15) is 4.79 Å². The number of allylic oxidation sites excluding steroid dienone is 2. The fourth-order valence-electron chi connectivity index (χ4n) is 3.85. The SMILES string of the molecule is CC1C=C2CC3CC(N=C=O)(C1)CC23. The van der Waals surface area contributed by atoms with Crippen LogP contribution in [0.1, 0.15) is 32.6 Å². The maximum Gasteiger partial charge on any atom is 0.235 e. The van der Waals surface area contributed by atoms with Gasteiger partial charge in [0.25, 0.3) is 0 Å². The largest absolute Gasteiger partial charge is 0.235 e. The van der Waals surface area contributed by atoms with Crippen molar-refractivity contribution in [3.63, 3.8) is 0 Å². The first-order valence-electron chi connectivity index (χ1n) is 5.52. The molecule has 0 aromatic heterocycles. The number of hydrogen-bond donors (Lipinski definition) is 0. The van der Waals surface area contributed by atoms with E-state index in [2.05, 4.69) is 18.0 Å². The van der Waals surface area contributed by atoms with Crippen LogP contribution >= 0.6 is 0 Å². The Morgan fingerprint density at radius 3 is 3.14 bits per heavy atom. The van der Waals surface area contributed by atoms with Gasteiger partial charge in [0.15, 0.2) is 0 Å². The van der Waals surface area contributed by atoms with Crippen LogP contribution in [0.4, 0.5) is 0 Å². The number of fused-ring (bicyclic) bond motifs is 1. The Morgan fingerprint density at radius 1 is 1.50 bits per heavy atom. The molecule has 74 valence electrons. The smallest absolute Gasteiger partial charge is 0.211 e. The highest BCUT2D eigenvalue weighted by Crippen LogP contribution is 2.59. The number of aliphatic imine (C=N–C) groups is 1. The molecule has 0 aromatic rings. The van der Waals surface area contributed by atoms with Crippen molar-refractivity contribution in [2.45, 2.75) is 38.1 Å². The van der Waals surface area contributed by atoms with E-state index in [-0.39, 0.29) is 5.54 Å². The average Bonchev–Trinajstić information content (AvgIpc) is 2.30. The number of hydrogen-bond acceptors (Lipinski definition) is 2. The van der Waals surface area contributed by atoms with Gasteiger partial charge in [0, 0.05) is 0 Å². The average molecular weight is 189 g/mol. The van der Waals surface area contributed by atoms with Crippen LogP contribution < -0.4 is 0 Å². The zero-order valence-corrected chi connectivity index (χ0v) is 8.49. The Morgan fingerprint density at radius 2 is 2.36 bits per heavy atom. The van der Waals surface area contributed by atoms with Crippen molar-refractivity contribution in [3.8, 4) is 0 Å². The molecule has 4 atom stereocenters. The fraction of sp³-hybridized carbons (Fsp3) is 0.750. The van der Waals surface area contributed by atoms with Crippen LogP contribution in [0.3, 0.4) is 0 Å². The molecule has 0 aromatic carbocycles. The molecule has 0 heterocycles. The lowest BCUT2D eigenvalue weighted by molar-refractivity contribution is 0.307. The Labute approximate surface area is 84.1 Å². The van der Waals surface area contributed by atoms with Crippen LogP contribution in [0, 0.1) is 17.8 Å². The highest BCUT2D eigenvalue weighted by atomic mass is 16.1. The molecule has 0 amide bonds. The van der Waals surface area contributed by atoms with Crippen LogP contribution in [0.5, 0.6) is 0 Å². The molecule has 0 spiro atoms. The zero-order chi connectivity index (χ0) is 9.76. The minimum absolute atomic E-state index is 0.0365. The molecule has 0 saturated heterocycles. The second-order valence-corrected chi connectivity index (χ2v) is 5.33. The van der Waals surface area contributed by atoms with E-state index in [1.165, 1.54) is 6.42 Å². The summed E-state index contributed by atoms with van der Waals surface area (Å²) in [6.45, 7) is 2.24. The molecule has 3 aliphatic carbocycles. The summed E-state index contributed by atoms with van der Waals surface area (Å²) in [6.07, 6.45) is 8.79. The molecule has 3 rings (SSSR count). The van der Waals surface area contributed by atoms with Gasteiger partial charge in [0.2, 0.25) is 6.08 Å². The number of rotatable bonds is 1. The first kappa shape index (κ1) is 8.43. The van der Waals surface area contributed by atoms with Crippen LogP contribution in [0.25, 0.3) is 0 Å². The lowest BCUT2D eigenvalue weighted by Gasteiger charge is -2.35. The predicted molar refractivity (Wildman–Crippen MR) is 53.5 cm³/mol. The van der Waals surface area contributed by atoms with Gasteiger partial charge in [-0.3, -0.25) is 0 Å². The van der Waals surface area contributed by atoms with E-state index in [1.54, 1.807) is 11.7 Å². The molecule has 4 unspecified atom stereocenters. The topological polar surface area (TPSA) is 29.4 Å². The van der Waals surface area contributed by atoms with Crippen LogP contribution in [0.15, 0.2) is 16.6 Å². The summed E-state index contributed by atoms with van der Waals surface area (Å²) in [5.74, 6) is 2.18. The Kier molecular flexibility index (Phi) is 1.55. The van der Waals surface area contributed by atoms with E-state index in [0.717, 1.165) is 31.1 Å². The molecule has 14 heavy (non-hydrogen) atoms. The maximum absolute atomic E-state index is 10.5. The van der Waals surface area contributed by atoms with Crippen molar-refractivity contribution in [1.82, 2.24) is 0 Å². The summed E-state index contributed by atoms with van der Waals surface area (Å²) >= 11 is 0. The van der Waals surface area contributed by atoms with Crippen molar-refractivity contribution in [1.29, 1.82) is 0 Å². The van der Waals surface area contributed by atoms with Gasteiger partial charge in [-0.15, -0.1) is 0 Å². The van der Waals surface area contributed by atoms with Crippen LogP contribution in [-0.2, 0) is 4.79 Å². The Hall–Kier alpha value is -0.880. The third-order valence-electron chi connectivity index (χ3n) is 4.27. The van der Waals surface area contributed by atoms with Gasteiger partial charge in [0.1, 0.15) is 0 Å². The van der Waals surface area contributed by atoms with Gasteiger partial charge in [-0.05, 0) is 43.4 Å². The lowest BCUT2D eigenvalue weighted by atomic mass is 9.70. The van der Waals surface area contributed by atoms with Gasteiger partial charge in [-0.25, -0.2) is 4.79 Å². The van der Waals surface area contributed by atoms with Crippen molar-refractivity contribution in [2.75, 3.05) is 0 Å². The fourth-order valence-corrected chi connectivity index (χ4v) is 3.85.